The normalized spacial score (nSPS) is 10.6. The quantitative estimate of drug-likeness (QED) is 0.559. The zero-order chi connectivity index (χ0) is 12.8. The highest BCUT2D eigenvalue weighted by Crippen LogP contribution is 2.05. The SMILES string of the molecule is CC(C)OCCN(C)c1nccc(C(=N)N)n1. The Kier molecular flexibility index (Phi) is 4.84. The van der Waals surface area contributed by atoms with Gasteiger partial charge in [-0.3, -0.25) is 5.41 Å². The molecule has 6 nitrogen and oxygen atoms in total. The van der Waals surface area contributed by atoms with E-state index < -0.39 is 0 Å². The number of nitrogens with two attached hydrogens (primary N) is 1. The van der Waals surface area contributed by atoms with Gasteiger partial charge in [-0.2, -0.15) is 0 Å². The van der Waals surface area contributed by atoms with Crippen molar-refractivity contribution in [1.82, 2.24) is 9.97 Å². The summed E-state index contributed by atoms with van der Waals surface area (Å²) in [6.45, 7) is 5.29. The topological polar surface area (TPSA) is 88.1 Å². The lowest BCUT2D eigenvalue weighted by molar-refractivity contribution is 0.0844. The van der Waals surface area contributed by atoms with Crippen molar-refractivity contribution in [2.45, 2.75) is 20.0 Å². The van der Waals surface area contributed by atoms with E-state index in [4.69, 9.17) is 15.9 Å². The fraction of sp³-hybridized carbons (Fsp3) is 0.545. The Hall–Kier alpha value is -1.69. The van der Waals surface area contributed by atoms with Gasteiger partial charge in [0.1, 0.15) is 11.5 Å². The molecule has 0 unspecified atom stereocenters. The first kappa shape index (κ1) is 13.4. The molecule has 0 aromatic carbocycles. The van der Waals surface area contributed by atoms with Gasteiger partial charge in [0.25, 0.3) is 0 Å². The van der Waals surface area contributed by atoms with Gasteiger partial charge < -0.3 is 15.4 Å². The molecule has 1 aromatic heterocycles. The molecule has 1 heterocycles. The van der Waals surface area contributed by atoms with E-state index in [9.17, 15) is 0 Å². The average Bonchev–Trinajstić information content (AvgIpc) is 2.28. The van der Waals surface area contributed by atoms with Gasteiger partial charge in [0.2, 0.25) is 5.95 Å². The molecule has 0 saturated heterocycles. The minimum atomic E-state index is -0.0551. The summed E-state index contributed by atoms with van der Waals surface area (Å²) in [4.78, 5) is 10.2. The van der Waals surface area contributed by atoms with Crippen LogP contribution in [0.2, 0.25) is 0 Å². The summed E-state index contributed by atoms with van der Waals surface area (Å²) in [5.74, 6) is 0.491. The lowest BCUT2D eigenvalue weighted by Gasteiger charge is -2.18. The highest BCUT2D eigenvalue weighted by Gasteiger charge is 2.06. The van der Waals surface area contributed by atoms with Gasteiger partial charge in [-0.1, -0.05) is 0 Å². The van der Waals surface area contributed by atoms with Crippen LogP contribution in [0.3, 0.4) is 0 Å². The zero-order valence-corrected chi connectivity index (χ0v) is 10.5. The van der Waals surface area contributed by atoms with Gasteiger partial charge in [-0.25, -0.2) is 9.97 Å². The number of aromatic nitrogens is 2. The third-order valence-corrected chi connectivity index (χ3v) is 2.14. The molecular weight excluding hydrogens is 218 g/mol. The number of nitrogens with zero attached hydrogens (tertiary/aromatic N) is 3. The van der Waals surface area contributed by atoms with Crippen LogP contribution in [-0.4, -0.2) is 42.1 Å². The van der Waals surface area contributed by atoms with Crippen molar-refractivity contribution < 1.29 is 4.74 Å². The summed E-state index contributed by atoms with van der Waals surface area (Å²) >= 11 is 0. The maximum atomic E-state index is 7.31. The fourth-order valence-corrected chi connectivity index (χ4v) is 1.21. The van der Waals surface area contributed by atoms with Gasteiger partial charge in [0.05, 0.1) is 12.7 Å². The van der Waals surface area contributed by atoms with E-state index in [-0.39, 0.29) is 11.9 Å². The minimum absolute atomic E-state index is 0.0551. The van der Waals surface area contributed by atoms with E-state index in [0.29, 0.717) is 24.8 Å². The molecule has 0 saturated carbocycles. The van der Waals surface area contributed by atoms with E-state index in [2.05, 4.69) is 9.97 Å². The third kappa shape index (κ3) is 4.36. The number of hydrogen-bond donors (Lipinski definition) is 2. The van der Waals surface area contributed by atoms with Crippen LogP contribution in [0.25, 0.3) is 0 Å². The van der Waals surface area contributed by atoms with Crippen LogP contribution < -0.4 is 10.6 Å². The number of anilines is 1. The monoisotopic (exact) mass is 237 g/mol. The molecule has 0 spiro atoms. The summed E-state index contributed by atoms with van der Waals surface area (Å²) in [5, 5.41) is 7.31. The molecule has 1 rings (SSSR count). The predicted molar refractivity (Wildman–Crippen MR) is 67.4 cm³/mol. The van der Waals surface area contributed by atoms with Crippen molar-refractivity contribution in [2.24, 2.45) is 5.73 Å². The van der Waals surface area contributed by atoms with Gasteiger partial charge >= 0.3 is 0 Å². The molecule has 0 aliphatic rings. The molecule has 3 N–H and O–H groups in total. The fourth-order valence-electron chi connectivity index (χ4n) is 1.21. The van der Waals surface area contributed by atoms with Gasteiger partial charge in [0.15, 0.2) is 0 Å². The zero-order valence-electron chi connectivity index (χ0n) is 10.5. The number of nitrogens with one attached hydrogen (secondary N) is 1. The van der Waals surface area contributed by atoms with Crippen molar-refractivity contribution in [3.63, 3.8) is 0 Å². The Morgan fingerprint density at radius 1 is 1.59 bits per heavy atom. The van der Waals surface area contributed by atoms with Gasteiger partial charge in [0, 0.05) is 19.8 Å². The number of amidine groups is 1. The summed E-state index contributed by atoms with van der Waals surface area (Å²) < 4.78 is 5.45. The maximum Gasteiger partial charge on any atom is 0.225 e. The molecule has 1 aromatic rings. The molecule has 0 fully saturated rings. The van der Waals surface area contributed by atoms with Crippen LogP contribution in [0.1, 0.15) is 19.5 Å². The Labute approximate surface area is 101 Å². The molecule has 0 bridgehead atoms. The van der Waals surface area contributed by atoms with E-state index in [1.165, 1.54) is 0 Å². The van der Waals surface area contributed by atoms with Crippen LogP contribution in [0.4, 0.5) is 5.95 Å². The van der Waals surface area contributed by atoms with Crippen molar-refractivity contribution >= 4 is 11.8 Å². The van der Waals surface area contributed by atoms with Crippen molar-refractivity contribution in [3.8, 4) is 0 Å². The number of likely N-dealkylation sites (N-methyl/N-ethyl adjacent to an activating group) is 1. The Balaban J connectivity index is 2.59. The third-order valence-electron chi connectivity index (χ3n) is 2.14. The number of hydrogen-bond acceptors (Lipinski definition) is 5. The number of nitrogen functional groups attached to an aromatic ring is 1. The van der Waals surface area contributed by atoms with E-state index in [0.717, 1.165) is 0 Å². The van der Waals surface area contributed by atoms with Gasteiger partial charge in [-0.05, 0) is 19.9 Å². The van der Waals surface area contributed by atoms with Crippen LogP contribution in [0, 0.1) is 5.41 Å². The largest absolute Gasteiger partial charge is 0.382 e. The maximum absolute atomic E-state index is 7.31. The second kappa shape index (κ2) is 6.15. The number of ether oxygens (including phenoxy) is 1. The molecule has 0 aliphatic carbocycles. The second-order valence-electron chi connectivity index (χ2n) is 4.00. The van der Waals surface area contributed by atoms with E-state index in [1.807, 2.05) is 25.8 Å². The standard InChI is InChI=1S/C11H19N5O/c1-8(2)17-7-6-16(3)11-14-5-4-9(15-11)10(12)13/h4-5,8H,6-7H2,1-3H3,(H3,12,13). The first-order chi connectivity index (χ1) is 8.00. The lowest BCUT2D eigenvalue weighted by Crippen LogP contribution is -2.26. The van der Waals surface area contributed by atoms with Crippen molar-refractivity contribution in [3.05, 3.63) is 18.0 Å². The Morgan fingerprint density at radius 3 is 2.88 bits per heavy atom. The first-order valence-corrected chi connectivity index (χ1v) is 5.51. The van der Waals surface area contributed by atoms with Crippen LogP contribution in [0.15, 0.2) is 12.3 Å². The van der Waals surface area contributed by atoms with E-state index in [1.54, 1.807) is 12.3 Å². The lowest BCUT2D eigenvalue weighted by atomic mass is 10.4. The van der Waals surface area contributed by atoms with E-state index >= 15 is 0 Å². The molecule has 94 valence electrons. The summed E-state index contributed by atoms with van der Waals surface area (Å²) in [6, 6.07) is 1.62. The molecule has 6 heteroatoms. The van der Waals surface area contributed by atoms with Crippen LogP contribution >= 0.6 is 0 Å². The van der Waals surface area contributed by atoms with Crippen LogP contribution in [-0.2, 0) is 4.74 Å². The van der Waals surface area contributed by atoms with Crippen molar-refractivity contribution in [1.29, 1.82) is 5.41 Å². The predicted octanol–water partition coefficient (Wildman–Crippen LogP) is 0.622. The minimum Gasteiger partial charge on any atom is -0.382 e. The van der Waals surface area contributed by atoms with Crippen LogP contribution in [0.5, 0.6) is 0 Å². The highest BCUT2D eigenvalue weighted by molar-refractivity contribution is 5.93. The molecule has 0 amide bonds. The Bertz CT molecular complexity index is 380. The highest BCUT2D eigenvalue weighted by atomic mass is 16.5. The summed E-state index contributed by atoms with van der Waals surface area (Å²) in [6.07, 6.45) is 1.81. The molecule has 0 aliphatic heterocycles. The Morgan fingerprint density at radius 2 is 2.29 bits per heavy atom. The molecular formula is C11H19N5O. The summed E-state index contributed by atoms with van der Waals surface area (Å²) in [7, 11) is 1.88. The summed E-state index contributed by atoms with van der Waals surface area (Å²) in [5.41, 5.74) is 5.81. The smallest absolute Gasteiger partial charge is 0.225 e. The van der Waals surface area contributed by atoms with Crippen molar-refractivity contribution in [2.75, 3.05) is 25.1 Å². The average molecular weight is 237 g/mol. The van der Waals surface area contributed by atoms with Gasteiger partial charge in [-0.15, -0.1) is 0 Å². The molecule has 0 atom stereocenters. The molecule has 0 radical (unpaired) electrons. The number of rotatable bonds is 6. The first-order valence-electron chi connectivity index (χ1n) is 5.51. The molecule has 17 heavy (non-hydrogen) atoms. The second-order valence-corrected chi connectivity index (χ2v) is 4.00.